The van der Waals surface area contributed by atoms with Gasteiger partial charge in [0.25, 0.3) is 0 Å². The Bertz CT molecular complexity index is 815. The number of thioether (sulfide) groups is 1. The molecule has 0 bridgehead atoms. The third-order valence-corrected chi connectivity index (χ3v) is 4.77. The molecule has 0 aromatic heterocycles. The number of anilines is 1. The zero-order chi connectivity index (χ0) is 17.1. The predicted octanol–water partition coefficient (Wildman–Crippen LogP) is 3.13. The van der Waals surface area contributed by atoms with Crippen molar-refractivity contribution in [1.82, 2.24) is 0 Å². The fourth-order valence-corrected chi connectivity index (χ4v) is 3.36. The number of carbonyl (C=O) groups excluding carboxylic acids is 2. The van der Waals surface area contributed by atoms with Crippen LogP contribution < -0.4 is 11.1 Å². The second kappa shape index (κ2) is 6.88. The van der Waals surface area contributed by atoms with Gasteiger partial charge in [-0.25, -0.2) is 4.99 Å². The lowest BCUT2D eigenvalue weighted by molar-refractivity contribution is -0.115. The summed E-state index contributed by atoms with van der Waals surface area (Å²) in [5.41, 5.74) is 8.41. The van der Waals surface area contributed by atoms with Crippen LogP contribution in [-0.2, 0) is 11.2 Å². The predicted molar refractivity (Wildman–Crippen MR) is 97.9 cm³/mol. The fraction of sp³-hybridized carbons (Fsp3) is 0.167. The molecule has 1 unspecified atom stereocenters. The van der Waals surface area contributed by atoms with Gasteiger partial charge in [0.05, 0.1) is 16.0 Å². The number of benzene rings is 2. The number of nitrogens with zero attached hydrogens (tertiary/aromatic N) is 1. The molecule has 2 aromatic rings. The van der Waals surface area contributed by atoms with Gasteiger partial charge >= 0.3 is 0 Å². The Morgan fingerprint density at radius 2 is 1.88 bits per heavy atom. The summed E-state index contributed by atoms with van der Waals surface area (Å²) in [5, 5.41) is 3.51. The molecule has 1 aliphatic rings. The minimum Gasteiger partial charge on any atom is -0.366 e. The van der Waals surface area contributed by atoms with Gasteiger partial charge in [0.2, 0.25) is 11.8 Å². The summed E-state index contributed by atoms with van der Waals surface area (Å²) in [7, 11) is 0. The molecule has 0 aliphatic carbocycles. The van der Waals surface area contributed by atoms with Crippen LogP contribution in [0.4, 0.5) is 11.4 Å². The van der Waals surface area contributed by atoms with Crippen molar-refractivity contribution in [3.63, 3.8) is 0 Å². The van der Waals surface area contributed by atoms with Crippen molar-refractivity contribution in [2.45, 2.75) is 18.6 Å². The van der Waals surface area contributed by atoms with Crippen LogP contribution in [0.25, 0.3) is 0 Å². The van der Waals surface area contributed by atoms with Crippen molar-refractivity contribution in [2.24, 2.45) is 10.7 Å². The zero-order valence-corrected chi connectivity index (χ0v) is 14.0. The van der Waals surface area contributed by atoms with Gasteiger partial charge in [0.15, 0.2) is 0 Å². The third kappa shape index (κ3) is 3.65. The summed E-state index contributed by atoms with van der Waals surface area (Å²) >= 11 is 1.46. The molecular formula is C18H17N3O2S. The second-order valence-electron chi connectivity index (χ2n) is 5.50. The van der Waals surface area contributed by atoms with E-state index in [1.54, 1.807) is 24.3 Å². The molecule has 0 saturated carbocycles. The third-order valence-electron chi connectivity index (χ3n) is 3.70. The molecule has 0 spiro atoms. The maximum absolute atomic E-state index is 12.3. The van der Waals surface area contributed by atoms with Gasteiger partial charge in [-0.2, -0.15) is 0 Å². The molecule has 1 heterocycles. The molecule has 2 amide bonds. The lowest BCUT2D eigenvalue weighted by atomic mass is 10.2. The molecular weight excluding hydrogens is 322 g/mol. The van der Waals surface area contributed by atoms with Crippen molar-refractivity contribution in [3.05, 3.63) is 59.7 Å². The van der Waals surface area contributed by atoms with Gasteiger partial charge in [-0.15, -0.1) is 0 Å². The normalized spacial score (nSPS) is 13.8. The average molecular weight is 339 g/mol. The molecule has 0 radical (unpaired) electrons. The first-order chi connectivity index (χ1) is 11.5. The molecule has 0 fully saturated rings. The number of carbonyl (C=O) groups is 2. The van der Waals surface area contributed by atoms with Gasteiger partial charge in [0.1, 0.15) is 0 Å². The summed E-state index contributed by atoms with van der Waals surface area (Å²) in [6, 6.07) is 14.5. The van der Waals surface area contributed by atoms with E-state index >= 15 is 0 Å². The zero-order valence-electron chi connectivity index (χ0n) is 13.2. The minimum atomic E-state index is -0.490. The van der Waals surface area contributed by atoms with Gasteiger partial charge < -0.3 is 11.1 Å². The Hall–Kier alpha value is -2.60. The number of fused-ring (bicyclic) bond motifs is 1. The number of nitrogens with two attached hydrogens (primary N) is 1. The number of hydrogen-bond donors (Lipinski definition) is 2. The van der Waals surface area contributed by atoms with Crippen LogP contribution in [0.1, 0.15) is 22.8 Å². The van der Waals surface area contributed by atoms with Crippen LogP contribution >= 0.6 is 11.8 Å². The SMILES string of the molecule is CC(SC1=Nc2ccccc2C1)C(=O)Nc1ccc(C(N)=O)cc1. The van der Waals surface area contributed by atoms with Crippen molar-refractivity contribution in [2.75, 3.05) is 5.32 Å². The Morgan fingerprint density at radius 1 is 1.17 bits per heavy atom. The maximum atomic E-state index is 12.3. The molecule has 122 valence electrons. The first kappa shape index (κ1) is 16.3. The average Bonchev–Trinajstić information content (AvgIpc) is 2.97. The molecule has 24 heavy (non-hydrogen) atoms. The van der Waals surface area contributed by atoms with E-state index in [0.29, 0.717) is 11.3 Å². The first-order valence-electron chi connectivity index (χ1n) is 7.56. The summed E-state index contributed by atoms with van der Waals surface area (Å²) in [6.07, 6.45) is 0.770. The fourth-order valence-electron chi connectivity index (χ4n) is 2.39. The first-order valence-corrected chi connectivity index (χ1v) is 8.44. The van der Waals surface area contributed by atoms with Crippen LogP contribution in [-0.4, -0.2) is 22.1 Å². The molecule has 6 heteroatoms. The van der Waals surface area contributed by atoms with E-state index in [-0.39, 0.29) is 11.2 Å². The van der Waals surface area contributed by atoms with Crippen molar-refractivity contribution < 1.29 is 9.59 Å². The van der Waals surface area contributed by atoms with Gasteiger partial charge in [-0.1, -0.05) is 30.0 Å². The Labute approximate surface area is 144 Å². The number of para-hydroxylation sites is 1. The van der Waals surface area contributed by atoms with Crippen LogP contribution in [0.2, 0.25) is 0 Å². The summed E-state index contributed by atoms with van der Waals surface area (Å²) in [5.74, 6) is -0.596. The maximum Gasteiger partial charge on any atom is 0.248 e. The molecule has 1 aliphatic heterocycles. The van der Waals surface area contributed by atoms with Crippen molar-refractivity contribution in [3.8, 4) is 0 Å². The van der Waals surface area contributed by atoms with E-state index in [0.717, 1.165) is 17.2 Å². The van der Waals surface area contributed by atoms with Crippen LogP contribution in [0.3, 0.4) is 0 Å². The number of hydrogen-bond acceptors (Lipinski definition) is 4. The highest BCUT2D eigenvalue weighted by molar-refractivity contribution is 8.15. The van der Waals surface area contributed by atoms with E-state index in [2.05, 4.69) is 16.4 Å². The van der Waals surface area contributed by atoms with Gasteiger partial charge in [0, 0.05) is 17.7 Å². The molecule has 5 nitrogen and oxygen atoms in total. The summed E-state index contributed by atoms with van der Waals surface area (Å²) < 4.78 is 0. The smallest absolute Gasteiger partial charge is 0.248 e. The molecule has 1 atom stereocenters. The van der Waals surface area contributed by atoms with Crippen LogP contribution in [0.5, 0.6) is 0 Å². The monoisotopic (exact) mass is 339 g/mol. The topological polar surface area (TPSA) is 84.6 Å². The Kier molecular flexibility index (Phi) is 4.66. The largest absolute Gasteiger partial charge is 0.366 e. The van der Waals surface area contributed by atoms with E-state index in [1.807, 2.05) is 25.1 Å². The lowest BCUT2D eigenvalue weighted by Gasteiger charge is -2.12. The molecule has 2 aromatic carbocycles. The van der Waals surface area contributed by atoms with Crippen molar-refractivity contribution >= 4 is 40.0 Å². The quantitative estimate of drug-likeness (QED) is 0.897. The van der Waals surface area contributed by atoms with Gasteiger partial charge in [-0.05, 0) is 42.8 Å². The van der Waals surface area contributed by atoms with Crippen molar-refractivity contribution in [1.29, 1.82) is 0 Å². The van der Waals surface area contributed by atoms with E-state index < -0.39 is 5.91 Å². The number of aliphatic imine (C=N–C) groups is 1. The number of nitrogens with one attached hydrogen (secondary N) is 1. The standard InChI is InChI=1S/C18H17N3O2S/c1-11(24-16-10-13-4-2-3-5-15(13)21-16)18(23)20-14-8-6-12(7-9-14)17(19)22/h2-9,11H,10H2,1H3,(H2,19,22)(H,20,23). The Morgan fingerprint density at radius 3 is 2.54 bits per heavy atom. The molecule has 3 N–H and O–H groups in total. The Balaban J connectivity index is 1.59. The number of amides is 2. The highest BCUT2D eigenvalue weighted by Gasteiger charge is 2.21. The summed E-state index contributed by atoms with van der Waals surface area (Å²) in [4.78, 5) is 27.9. The van der Waals surface area contributed by atoms with E-state index in [4.69, 9.17) is 5.73 Å². The molecule has 0 saturated heterocycles. The highest BCUT2D eigenvalue weighted by atomic mass is 32.2. The van der Waals surface area contributed by atoms with Crippen LogP contribution in [0, 0.1) is 0 Å². The van der Waals surface area contributed by atoms with Gasteiger partial charge in [-0.3, -0.25) is 9.59 Å². The highest BCUT2D eigenvalue weighted by Crippen LogP contribution is 2.31. The lowest BCUT2D eigenvalue weighted by Crippen LogP contribution is -2.23. The minimum absolute atomic E-state index is 0.106. The number of rotatable bonds is 4. The van der Waals surface area contributed by atoms with E-state index in [1.165, 1.54) is 17.3 Å². The summed E-state index contributed by atoms with van der Waals surface area (Å²) in [6.45, 7) is 1.85. The second-order valence-corrected chi connectivity index (χ2v) is 6.92. The number of primary amides is 1. The van der Waals surface area contributed by atoms with Crippen LogP contribution in [0.15, 0.2) is 53.5 Å². The molecule has 3 rings (SSSR count). The van der Waals surface area contributed by atoms with E-state index in [9.17, 15) is 9.59 Å².